The van der Waals surface area contributed by atoms with Crippen LogP contribution in [0.1, 0.15) is 17.0 Å². The minimum absolute atomic E-state index is 0.0412. The van der Waals surface area contributed by atoms with E-state index in [-0.39, 0.29) is 25.1 Å². The number of halogens is 3. The van der Waals surface area contributed by atoms with Gasteiger partial charge in [0.15, 0.2) is 5.69 Å². The van der Waals surface area contributed by atoms with E-state index in [4.69, 9.17) is 5.11 Å². The predicted octanol–water partition coefficient (Wildman–Crippen LogP) is 2.07. The Balaban J connectivity index is 1.83. The van der Waals surface area contributed by atoms with Gasteiger partial charge in [-0.1, -0.05) is 18.2 Å². The molecule has 0 saturated carbocycles. The summed E-state index contributed by atoms with van der Waals surface area (Å²) in [6, 6.07) is 9.17. The highest BCUT2D eigenvalue weighted by Crippen LogP contribution is 2.31. The van der Waals surface area contributed by atoms with Crippen LogP contribution in [0.3, 0.4) is 0 Å². The Morgan fingerprint density at radius 2 is 1.83 bits per heavy atom. The summed E-state index contributed by atoms with van der Waals surface area (Å²) in [4.78, 5) is 1.40. The van der Waals surface area contributed by atoms with Crippen LogP contribution < -0.4 is 0 Å². The van der Waals surface area contributed by atoms with E-state index in [1.165, 1.54) is 17.2 Å². The molecule has 2 heterocycles. The van der Waals surface area contributed by atoms with Crippen LogP contribution in [0.25, 0.3) is 5.69 Å². The first-order chi connectivity index (χ1) is 11.5. The summed E-state index contributed by atoms with van der Waals surface area (Å²) < 4.78 is 40.0. The van der Waals surface area contributed by atoms with Crippen molar-refractivity contribution < 1.29 is 18.3 Å². The van der Waals surface area contributed by atoms with Crippen LogP contribution in [0.15, 0.2) is 42.7 Å². The minimum atomic E-state index is -4.56. The highest BCUT2D eigenvalue weighted by molar-refractivity contribution is 5.28. The fourth-order valence-corrected chi connectivity index (χ4v) is 2.30. The maximum Gasteiger partial charge on any atom is 0.435 e. The molecule has 0 aliphatic heterocycles. The van der Waals surface area contributed by atoms with Gasteiger partial charge in [0.2, 0.25) is 0 Å². The van der Waals surface area contributed by atoms with Gasteiger partial charge >= 0.3 is 6.18 Å². The fraction of sp³-hybridized carbons (Fsp3) is 0.267. The van der Waals surface area contributed by atoms with Gasteiger partial charge in [0, 0.05) is 18.4 Å². The fourth-order valence-electron chi connectivity index (χ4n) is 2.30. The van der Waals surface area contributed by atoms with Crippen molar-refractivity contribution in [2.45, 2.75) is 19.1 Å². The summed E-state index contributed by atoms with van der Waals surface area (Å²) in [7, 11) is 0. The molecule has 3 aromatic rings. The van der Waals surface area contributed by atoms with Gasteiger partial charge in [-0.05, 0) is 18.6 Å². The van der Waals surface area contributed by atoms with Gasteiger partial charge in [0.25, 0.3) is 0 Å². The lowest BCUT2D eigenvalue weighted by Gasteiger charge is -2.04. The van der Waals surface area contributed by atoms with Crippen LogP contribution in [0.4, 0.5) is 13.2 Å². The van der Waals surface area contributed by atoms with E-state index in [1.807, 2.05) is 30.3 Å². The third kappa shape index (κ3) is 3.46. The van der Waals surface area contributed by atoms with Crippen molar-refractivity contribution in [3.8, 4) is 5.69 Å². The second kappa shape index (κ2) is 6.44. The van der Waals surface area contributed by atoms with Crippen molar-refractivity contribution in [1.29, 1.82) is 0 Å². The monoisotopic (exact) mass is 337 g/mol. The topological polar surface area (TPSA) is 68.8 Å². The van der Waals surface area contributed by atoms with Gasteiger partial charge in [-0.2, -0.15) is 33.3 Å². The molecule has 126 valence electrons. The number of rotatable bonds is 5. The van der Waals surface area contributed by atoms with Gasteiger partial charge in [0.05, 0.1) is 18.4 Å². The summed E-state index contributed by atoms with van der Waals surface area (Å²) in [5.74, 6) is 0. The molecule has 0 atom stereocenters. The SMILES string of the molecule is OCCc1cn(Cc2cnn(-c3ccccc3)n2)nc1C(F)(F)F. The first-order valence-electron chi connectivity index (χ1n) is 7.18. The Labute approximate surface area is 135 Å². The maximum absolute atomic E-state index is 13.0. The Hall–Kier alpha value is -2.68. The lowest BCUT2D eigenvalue weighted by atomic mass is 10.2. The molecule has 0 radical (unpaired) electrons. The molecule has 1 N–H and O–H groups in total. The quantitative estimate of drug-likeness (QED) is 0.774. The summed E-state index contributed by atoms with van der Waals surface area (Å²) in [6.45, 7) is -0.319. The zero-order valence-corrected chi connectivity index (χ0v) is 12.5. The number of benzene rings is 1. The van der Waals surface area contributed by atoms with Crippen molar-refractivity contribution in [3.63, 3.8) is 0 Å². The van der Waals surface area contributed by atoms with Gasteiger partial charge in [0.1, 0.15) is 5.69 Å². The second-order valence-electron chi connectivity index (χ2n) is 5.13. The van der Waals surface area contributed by atoms with Crippen LogP contribution in [0.5, 0.6) is 0 Å². The third-order valence-electron chi connectivity index (χ3n) is 3.34. The summed E-state index contributed by atoms with van der Waals surface area (Å²) in [5.41, 5.74) is 0.208. The van der Waals surface area contributed by atoms with E-state index in [1.54, 1.807) is 0 Å². The lowest BCUT2D eigenvalue weighted by molar-refractivity contribution is -0.142. The molecule has 0 amide bonds. The molecule has 24 heavy (non-hydrogen) atoms. The third-order valence-corrected chi connectivity index (χ3v) is 3.34. The highest BCUT2D eigenvalue weighted by Gasteiger charge is 2.36. The zero-order chi connectivity index (χ0) is 17.2. The van der Waals surface area contributed by atoms with Crippen molar-refractivity contribution in [1.82, 2.24) is 24.8 Å². The number of hydrogen-bond acceptors (Lipinski definition) is 4. The molecule has 0 bridgehead atoms. The minimum Gasteiger partial charge on any atom is -0.396 e. The van der Waals surface area contributed by atoms with E-state index in [0.29, 0.717) is 5.69 Å². The van der Waals surface area contributed by atoms with Crippen LogP contribution in [-0.2, 0) is 19.1 Å². The van der Waals surface area contributed by atoms with Crippen LogP contribution in [0.2, 0.25) is 0 Å². The molecule has 0 fully saturated rings. The predicted molar refractivity (Wildman–Crippen MR) is 78.5 cm³/mol. The molecule has 2 aromatic heterocycles. The van der Waals surface area contributed by atoms with Crippen molar-refractivity contribution in [3.05, 3.63) is 59.7 Å². The molecular weight excluding hydrogens is 323 g/mol. The Morgan fingerprint density at radius 3 is 2.50 bits per heavy atom. The van der Waals surface area contributed by atoms with Crippen molar-refractivity contribution in [2.24, 2.45) is 0 Å². The van der Waals surface area contributed by atoms with Gasteiger partial charge < -0.3 is 5.11 Å². The second-order valence-corrected chi connectivity index (χ2v) is 5.13. The van der Waals surface area contributed by atoms with Crippen molar-refractivity contribution in [2.75, 3.05) is 6.61 Å². The number of nitrogens with zero attached hydrogens (tertiary/aromatic N) is 5. The Morgan fingerprint density at radius 1 is 1.08 bits per heavy atom. The first-order valence-corrected chi connectivity index (χ1v) is 7.18. The standard InChI is InChI=1S/C15H14F3N5O/c16-15(17,18)14-11(6-7-24)9-22(21-14)10-12-8-19-23(20-12)13-4-2-1-3-5-13/h1-5,8-9,24H,6-7,10H2. The number of aliphatic hydroxyl groups is 1. The number of para-hydroxylation sites is 1. The molecular formula is C15H14F3N5O. The molecule has 0 aliphatic rings. The molecule has 0 unspecified atom stereocenters. The molecule has 9 heteroatoms. The first kappa shape index (κ1) is 16.2. The number of aliphatic hydroxyl groups excluding tert-OH is 1. The summed E-state index contributed by atoms with van der Waals surface area (Å²) >= 11 is 0. The van der Waals surface area contributed by atoms with E-state index < -0.39 is 11.9 Å². The lowest BCUT2D eigenvalue weighted by Crippen LogP contribution is -2.11. The van der Waals surface area contributed by atoms with E-state index >= 15 is 0 Å². The summed E-state index contributed by atoms with van der Waals surface area (Å²) in [5, 5.41) is 20.8. The molecule has 0 saturated heterocycles. The molecule has 0 spiro atoms. The molecule has 3 rings (SSSR count). The summed E-state index contributed by atoms with van der Waals surface area (Å²) in [6.07, 6.45) is -1.91. The molecule has 6 nitrogen and oxygen atoms in total. The Kier molecular flexibility index (Phi) is 4.34. The number of aromatic nitrogens is 5. The van der Waals surface area contributed by atoms with Crippen molar-refractivity contribution >= 4 is 0 Å². The van der Waals surface area contributed by atoms with Crippen LogP contribution >= 0.6 is 0 Å². The van der Waals surface area contributed by atoms with Gasteiger partial charge in [-0.25, -0.2) is 0 Å². The zero-order valence-electron chi connectivity index (χ0n) is 12.5. The average Bonchev–Trinajstić information content (AvgIpc) is 3.16. The van der Waals surface area contributed by atoms with E-state index in [2.05, 4.69) is 15.3 Å². The average molecular weight is 337 g/mol. The molecule has 0 aliphatic carbocycles. The smallest absolute Gasteiger partial charge is 0.396 e. The number of alkyl halides is 3. The van der Waals surface area contributed by atoms with Gasteiger partial charge in [-0.3, -0.25) is 4.68 Å². The van der Waals surface area contributed by atoms with Crippen LogP contribution in [-0.4, -0.2) is 36.5 Å². The Bertz CT molecular complexity index is 810. The van der Waals surface area contributed by atoms with Gasteiger partial charge in [-0.15, -0.1) is 0 Å². The number of hydrogen-bond donors (Lipinski definition) is 1. The largest absolute Gasteiger partial charge is 0.435 e. The highest BCUT2D eigenvalue weighted by atomic mass is 19.4. The van der Waals surface area contributed by atoms with E-state index in [9.17, 15) is 13.2 Å². The normalized spacial score (nSPS) is 11.8. The maximum atomic E-state index is 13.0. The molecule has 1 aromatic carbocycles. The van der Waals surface area contributed by atoms with E-state index in [0.717, 1.165) is 10.4 Å². The van der Waals surface area contributed by atoms with Crippen LogP contribution in [0, 0.1) is 0 Å².